The van der Waals surface area contributed by atoms with Crippen molar-refractivity contribution >= 4 is 16.9 Å². The average Bonchev–Trinajstić information content (AvgIpc) is 2.94. The van der Waals surface area contributed by atoms with Gasteiger partial charge in [0.25, 0.3) is 5.91 Å². The number of carbonyl (C=O) groups excluding carboxylic acids is 1. The zero-order valence-corrected chi connectivity index (χ0v) is 15.7. The van der Waals surface area contributed by atoms with Crippen molar-refractivity contribution in [3.63, 3.8) is 0 Å². The molecule has 2 aromatic rings. The predicted octanol–water partition coefficient (Wildman–Crippen LogP) is 3.75. The van der Waals surface area contributed by atoms with Crippen LogP contribution in [0.2, 0.25) is 0 Å². The Morgan fingerprint density at radius 2 is 2.04 bits per heavy atom. The van der Waals surface area contributed by atoms with Crippen LogP contribution in [0.5, 0.6) is 5.75 Å². The molecule has 26 heavy (non-hydrogen) atoms. The molecule has 2 aliphatic carbocycles. The summed E-state index contributed by atoms with van der Waals surface area (Å²) in [5.74, 6) is 0.888. The predicted molar refractivity (Wildman–Crippen MR) is 99.5 cm³/mol. The van der Waals surface area contributed by atoms with Crippen LogP contribution in [0.25, 0.3) is 11.0 Å². The normalized spacial score (nSPS) is 29.1. The van der Waals surface area contributed by atoms with Crippen LogP contribution >= 0.6 is 0 Å². The fourth-order valence-corrected chi connectivity index (χ4v) is 5.03. The second kappa shape index (κ2) is 5.60. The Morgan fingerprint density at radius 3 is 2.65 bits per heavy atom. The smallest absolute Gasteiger partial charge is 0.349 e. The fourth-order valence-electron chi connectivity index (χ4n) is 5.03. The van der Waals surface area contributed by atoms with Gasteiger partial charge < -0.3 is 14.5 Å². The third-order valence-electron chi connectivity index (χ3n) is 7.29. The standard InChI is InChI=1S/C21H25NO4/c1-20(2)13-7-8-21(20,3)17(10-13)22-18(23)15-9-12-5-6-14(25-4)11-16(12)26-19(15)24/h5-6,9,11,13,17H,7-8,10H2,1-4H3,(H,22,23). The number of rotatable bonds is 3. The highest BCUT2D eigenvalue weighted by molar-refractivity contribution is 5.97. The third-order valence-corrected chi connectivity index (χ3v) is 7.29. The van der Waals surface area contributed by atoms with Crippen molar-refractivity contribution in [1.82, 2.24) is 5.32 Å². The van der Waals surface area contributed by atoms with Crippen molar-refractivity contribution in [1.29, 1.82) is 0 Å². The van der Waals surface area contributed by atoms with Gasteiger partial charge >= 0.3 is 5.63 Å². The maximum atomic E-state index is 12.8. The molecule has 1 aromatic carbocycles. The average molecular weight is 355 g/mol. The van der Waals surface area contributed by atoms with Crippen molar-refractivity contribution in [3.05, 3.63) is 40.2 Å². The van der Waals surface area contributed by atoms with E-state index < -0.39 is 5.63 Å². The van der Waals surface area contributed by atoms with Crippen molar-refractivity contribution in [2.75, 3.05) is 7.11 Å². The van der Waals surface area contributed by atoms with Crippen LogP contribution in [0.4, 0.5) is 0 Å². The molecule has 0 saturated heterocycles. The maximum Gasteiger partial charge on any atom is 0.349 e. The first-order valence-corrected chi connectivity index (χ1v) is 9.19. The summed E-state index contributed by atoms with van der Waals surface area (Å²) in [6.07, 6.45) is 3.31. The second-order valence-corrected chi connectivity index (χ2v) is 8.49. The van der Waals surface area contributed by atoms with Crippen molar-refractivity contribution in [2.45, 2.75) is 46.1 Å². The molecular formula is C21H25NO4. The van der Waals surface area contributed by atoms with E-state index in [2.05, 4.69) is 26.1 Å². The molecule has 1 N–H and O–H groups in total. The molecule has 1 amide bonds. The molecule has 138 valence electrons. The fraction of sp³-hybridized carbons (Fsp3) is 0.524. The van der Waals surface area contributed by atoms with E-state index in [0.717, 1.165) is 12.8 Å². The van der Waals surface area contributed by atoms with Crippen molar-refractivity contribution in [2.24, 2.45) is 16.7 Å². The zero-order valence-electron chi connectivity index (χ0n) is 15.7. The number of methoxy groups -OCH3 is 1. The van der Waals surface area contributed by atoms with Gasteiger partial charge in [-0.1, -0.05) is 20.8 Å². The summed E-state index contributed by atoms with van der Waals surface area (Å²) in [7, 11) is 1.55. The maximum absolute atomic E-state index is 12.8. The van der Waals surface area contributed by atoms with Gasteiger partial charge in [-0.3, -0.25) is 4.79 Å². The van der Waals surface area contributed by atoms with Gasteiger partial charge in [0, 0.05) is 17.5 Å². The van der Waals surface area contributed by atoms with Crippen LogP contribution < -0.4 is 15.7 Å². The van der Waals surface area contributed by atoms with E-state index in [9.17, 15) is 9.59 Å². The largest absolute Gasteiger partial charge is 0.497 e. The van der Waals surface area contributed by atoms with Gasteiger partial charge in [0.2, 0.25) is 0 Å². The molecule has 5 nitrogen and oxygen atoms in total. The molecule has 2 saturated carbocycles. The quantitative estimate of drug-likeness (QED) is 0.852. The summed E-state index contributed by atoms with van der Waals surface area (Å²) in [5.41, 5.74) is 0.134. The first-order valence-electron chi connectivity index (χ1n) is 9.19. The SMILES string of the molecule is COc1ccc2cc(C(=O)NC3CC4CCC3(C)C4(C)C)c(=O)oc2c1. The van der Waals surface area contributed by atoms with Gasteiger partial charge in [0.15, 0.2) is 0 Å². The molecule has 0 aliphatic heterocycles. The van der Waals surface area contributed by atoms with E-state index in [1.54, 1.807) is 31.4 Å². The summed E-state index contributed by atoms with van der Waals surface area (Å²) in [5, 5.41) is 3.83. The van der Waals surface area contributed by atoms with Crippen LogP contribution in [-0.2, 0) is 0 Å². The van der Waals surface area contributed by atoms with Crippen LogP contribution in [0.15, 0.2) is 33.5 Å². The van der Waals surface area contributed by atoms with E-state index in [4.69, 9.17) is 9.15 Å². The lowest BCUT2D eigenvalue weighted by Crippen LogP contribution is -2.47. The molecule has 2 aliphatic rings. The molecule has 0 spiro atoms. The number of hydrogen-bond donors (Lipinski definition) is 1. The van der Waals surface area contributed by atoms with Crippen LogP contribution in [-0.4, -0.2) is 19.1 Å². The van der Waals surface area contributed by atoms with E-state index in [0.29, 0.717) is 22.6 Å². The van der Waals surface area contributed by atoms with Crippen molar-refractivity contribution in [3.8, 4) is 5.75 Å². The molecule has 3 unspecified atom stereocenters. The number of hydrogen-bond acceptors (Lipinski definition) is 4. The van der Waals surface area contributed by atoms with Crippen LogP contribution in [0, 0.1) is 16.7 Å². The Bertz CT molecular complexity index is 945. The monoisotopic (exact) mass is 355 g/mol. The number of fused-ring (bicyclic) bond motifs is 3. The second-order valence-electron chi connectivity index (χ2n) is 8.49. The minimum Gasteiger partial charge on any atom is -0.497 e. The highest BCUT2D eigenvalue weighted by Crippen LogP contribution is 2.65. The van der Waals surface area contributed by atoms with E-state index >= 15 is 0 Å². The molecule has 2 bridgehead atoms. The van der Waals surface area contributed by atoms with Crippen molar-refractivity contribution < 1.29 is 13.9 Å². The Kier molecular flexibility index (Phi) is 3.69. The highest BCUT2D eigenvalue weighted by Gasteiger charge is 2.61. The minimum atomic E-state index is -0.615. The number of amides is 1. The Hall–Kier alpha value is -2.30. The molecular weight excluding hydrogens is 330 g/mol. The van der Waals surface area contributed by atoms with E-state index in [1.165, 1.54) is 6.42 Å². The Labute approximate surface area is 152 Å². The summed E-state index contributed by atoms with van der Waals surface area (Å²) < 4.78 is 10.5. The molecule has 1 heterocycles. The number of nitrogens with one attached hydrogen (secondary N) is 1. The van der Waals surface area contributed by atoms with E-state index in [-0.39, 0.29) is 28.3 Å². The first kappa shape index (κ1) is 17.1. The lowest BCUT2D eigenvalue weighted by molar-refractivity contribution is 0.0823. The Balaban J connectivity index is 1.63. The van der Waals surface area contributed by atoms with Gasteiger partial charge in [-0.2, -0.15) is 0 Å². The molecule has 5 heteroatoms. The lowest BCUT2D eigenvalue weighted by atomic mass is 9.69. The van der Waals surface area contributed by atoms with Crippen LogP contribution in [0.3, 0.4) is 0 Å². The summed E-state index contributed by atoms with van der Waals surface area (Å²) >= 11 is 0. The summed E-state index contributed by atoms with van der Waals surface area (Å²) in [6.45, 7) is 6.86. The Morgan fingerprint density at radius 1 is 1.27 bits per heavy atom. The lowest BCUT2D eigenvalue weighted by Gasteiger charge is -2.39. The number of ether oxygens (including phenoxy) is 1. The molecule has 3 atom stereocenters. The number of benzene rings is 1. The minimum absolute atomic E-state index is 0.0619. The first-order chi connectivity index (χ1) is 12.3. The van der Waals surface area contributed by atoms with E-state index in [1.807, 2.05) is 0 Å². The highest BCUT2D eigenvalue weighted by atomic mass is 16.5. The van der Waals surface area contributed by atoms with Gasteiger partial charge in [-0.05, 0) is 54.2 Å². The van der Waals surface area contributed by atoms with Gasteiger partial charge in [0.05, 0.1) is 7.11 Å². The summed E-state index contributed by atoms with van der Waals surface area (Å²) in [6, 6.07) is 6.92. The molecule has 0 radical (unpaired) electrons. The van der Waals surface area contributed by atoms with Gasteiger partial charge in [-0.15, -0.1) is 0 Å². The van der Waals surface area contributed by atoms with Gasteiger partial charge in [-0.25, -0.2) is 4.79 Å². The molecule has 4 rings (SSSR count). The number of carbonyl (C=O) groups is 1. The van der Waals surface area contributed by atoms with Crippen LogP contribution in [0.1, 0.15) is 50.4 Å². The third kappa shape index (κ3) is 2.29. The summed E-state index contributed by atoms with van der Waals surface area (Å²) in [4.78, 5) is 25.2. The molecule has 1 aromatic heterocycles. The van der Waals surface area contributed by atoms with Gasteiger partial charge in [0.1, 0.15) is 16.9 Å². The molecule has 2 fully saturated rings. The topological polar surface area (TPSA) is 68.5 Å². The zero-order chi connectivity index (χ0) is 18.7.